The first kappa shape index (κ1) is 20.9. The van der Waals surface area contributed by atoms with Crippen LogP contribution in [0.2, 0.25) is 0 Å². The highest BCUT2D eigenvalue weighted by molar-refractivity contribution is 5.96. The number of piperidine rings is 1. The summed E-state index contributed by atoms with van der Waals surface area (Å²) in [6, 6.07) is 16.5. The second kappa shape index (κ2) is 10.6. The number of carbonyl (C=O) groups excluding carboxylic acids is 2. The van der Waals surface area contributed by atoms with Crippen LogP contribution in [0.1, 0.15) is 36.5 Å². The maximum atomic E-state index is 12.3. The summed E-state index contributed by atoms with van der Waals surface area (Å²) < 4.78 is 5.72. The van der Waals surface area contributed by atoms with Crippen LogP contribution in [-0.2, 0) is 4.79 Å². The van der Waals surface area contributed by atoms with E-state index in [4.69, 9.17) is 4.74 Å². The summed E-state index contributed by atoms with van der Waals surface area (Å²) in [6.07, 6.45) is 3.08. The Hall–Kier alpha value is -2.86. The van der Waals surface area contributed by atoms with E-state index in [0.29, 0.717) is 11.3 Å². The third kappa shape index (κ3) is 6.61. The molecule has 3 rings (SSSR count). The molecule has 1 aliphatic heterocycles. The van der Waals surface area contributed by atoms with Gasteiger partial charge in [0.05, 0.1) is 6.54 Å². The minimum atomic E-state index is -0.274. The van der Waals surface area contributed by atoms with Crippen molar-refractivity contribution in [3.63, 3.8) is 0 Å². The van der Waals surface area contributed by atoms with E-state index in [1.165, 1.54) is 0 Å². The molecule has 1 aliphatic rings. The van der Waals surface area contributed by atoms with E-state index in [1.54, 1.807) is 24.3 Å². The molecule has 2 aromatic rings. The molecule has 0 atom stereocenters. The first-order valence-corrected chi connectivity index (χ1v) is 10.3. The molecule has 6 heteroatoms. The highest BCUT2D eigenvalue weighted by Gasteiger charge is 2.20. The molecule has 0 saturated carbocycles. The van der Waals surface area contributed by atoms with Crippen molar-refractivity contribution in [3.05, 3.63) is 60.2 Å². The molecule has 1 fully saturated rings. The van der Waals surface area contributed by atoms with Gasteiger partial charge in [0.2, 0.25) is 5.91 Å². The number of likely N-dealkylation sites (tertiary alicyclic amines) is 1. The summed E-state index contributed by atoms with van der Waals surface area (Å²) in [5.74, 6) is 0.974. The van der Waals surface area contributed by atoms with E-state index in [9.17, 15) is 9.59 Å². The Labute approximate surface area is 172 Å². The van der Waals surface area contributed by atoms with Crippen molar-refractivity contribution in [3.8, 4) is 11.5 Å². The molecule has 154 valence electrons. The largest absolute Gasteiger partial charge is 0.457 e. The van der Waals surface area contributed by atoms with Crippen LogP contribution < -0.4 is 15.4 Å². The van der Waals surface area contributed by atoms with Gasteiger partial charge in [-0.1, -0.05) is 25.1 Å². The monoisotopic (exact) mass is 395 g/mol. The minimum absolute atomic E-state index is 0.0176. The minimum Gasteiger partial charge on any atom is -0.457 e. The van der Waals surface area contributed by atoms with Gasteiger partial charge in [-0.15, -0.1) is 0 Å². The van der Waals surface area contributed by atoms with E-state index in [1.807, 2.05) is 30.3 Å². The smallest absolute Gasteiger partial charge is 0.251 e. The van der Waals surface area contributed by atoms with E-state index < -0.39 is 0 Å². The Kier molecular flexibility index (Phi) is 7.64. The molecule has 2 N–H and O–H groups in total. The van der Waals surface area contributed by atoms with Crippen molar-refractivity contribution in [1.82, 2.24) is 15.5 Å². The van der Waals surface area contributed by atoms with Crippen LogP contribution >= 0.6 is 0 Å². The lowest BCUT2D eigenvalue weighted by molar-refractivity contribution is -0.121. The van der Waals surface area contributed by atoms with Crippen LogP contribution in [0.5, 0.6) is 11.5 Å². The van der Waals surface area contributed by atoms with Crippen LogP contribution in [0.4, 0.5) is 0 Å². The van der Waals surface area contributed by atoms with E-state index >= 15 is 0 Å². The number of para-hydroxylation sites is 1. The number of ether oxygens (including phenoxy) is 1. The van der Waals surface area contributed by atoms with Gasteiger partial charge < -0.3 is 20.3 Å². The van der Waals surface area contributed by atoms with Crippen LogP contribution in [0.3, 0.4) is 0 Å². The quantitative estimate of drug-likeness (QED) is 0.720. The molecule has 0 aromatic heterocycles. The molecule has 1 saturated heterocycles. The Morgan fingerprint density at radius 2 is 1.66 bits per heavy atom. The lowest BCUT2D eigenvalue weighted by atomic mass is 10.0. The number of rotatable bonds is 8. The van der Waals surface area contributed by atoms with Gasteiger partial charge in [0.15, 0.2) is 0 Å². The molecular weight excluding hydrogens is 366 g/mol. The fraction of sp³-hybridized carbons (Fsp3) is 0.391. The first-order valence-electron chi connectivity index (χ1n) is 10.3. The Bertz CT molecular complexity index is 785. The third-order valence-electron chi connectivity index (χ3n) is 5.00. The van der Waals surface area contributed by atoms with Crippen LogP contribution in [0.15, 0.2) is 54.6 Å². The maximum absolute atomic E-state index is 12.3. The molecule has 0 spiro atoms. The Morgan fingerprint density at radius 1 is 1.00 bits per heavy atom. The summed E-state index contributed by atoms with van der Waals surface area (Å²) in [5, 5.41) is 5.71. The number of carbonyl (C=O) groups is 2. The van der Waals surface area contributed by atoms with E-state index in [2.05, 4.69) is 22.5 Å². The predicted molar refractivity (Wildman–Crippen MR) is 113 cm³/mol. The van der Waals surface area contributed by atoms with Gasteiger partial charge in [-0.3, -0.25) is 9.59 Å². The number of nitrogens with zero attached hydrogens (tertiary/aromatic N) is 1. The topological polar surface area (TPSA) is 70.7 Å². The van der Waals surface area contributed by atoms with Crippen molar-refractivity contribution in [2.45, 2.75) is 32.2 Å². The van der Waals surface area contributed by atoms with Gasteiger partial charge >= 0.3 is 0 Å². The number of hydrogen-bond acceptors (Lipinski definition) is 4. The fourth-order valence-electron chi connectivity index (χ4n) is 3.46. The van der Waals surface area contributed by atoms with E-state index in [0.717, 1.165) is 44.6 Å². The number of amides is 2. The molecule has 2 aromatic carbocycles. The van der Waals surface area contributed by atoms with Gasteiger partial charge in [0.25, 0.3) is 5.91 Å². The number of hydrogen-bond donors (Lipinski definition) is 2. The first-order chi connectivity index (χ1) is 14.1. The molecular formula is C23H29N3O3. The van der Waals surface area contributed by atoms with E-state index in [-0.39, 0.29) is 24.4 Å². The fourth-order valence-corrected chi connectivity index (χ4v) is 3.46. The molecule has 2 amide bonds. The summed E-state index contributed by atoms with van der Waals surface area (Å²) in [5.41, 5.74) is 0.492. The second-order valence-corrected chi connectivity index (χ2v) is 7.31. The summed E-state index contributed by atoms with van der Waals surface area (Å²) >= 11 is 0. The highest BCUT2D eigenvalue weighted by Crippen LogP contribution is 2.21. The summed E-state index contributed by atoms with van der Waals surface area (Å²) in [4.78, 5) is 26.9. The number of benzene rings is 2. The van der Waals surface area contributed by atoms with Gasteiger partial charge in [0, 0.05) is 24.7 Å². The molecule has 1 heterocycles. The average molecular weight is 396 g/mol. The highest BCUT2D eigenvalue weighted by atomic mass is 16.5. The zero-order valence-corrected chi connectivity index (χ0v) is 16.9. The lowest BCUT2D eigenvalue weighted by Gasteiger charge is -2.32. The van der Waals surface area contributed by atoms with Gasteiger partial charge in [0.1, 0.15) is 11.5 Å². The molecule has 0 radical (unpaired) electrons. The van der Waals surface area contributed by atoms with Crippen LogP contribution in [0.25, 0.3) is 0 Å². The van der Waals surface area contributed by atoms with Crippen molar-refractivity contribution in [1.29, 1.82) is 0 Å². The van der Waals surface area contributed by atoms with Crippen molar-refractivity contribution >= 4 is 11.8 Å². The third-order valence-corrected chi connectivity index (χ3v) is 5.00. The SMILES string of the molecule is CCCN1CCC(NC(=O)CNC(=O)c2ccc(Oc3ccccc3)cc2)CC1. The average Bonchev–Trinajstić information content (AvgIpc) is 2.75. The maximum Gasteiger partial charge on any atom is 0.251 e. The van der Waals surface area contributed by atoms with Crippen LogP contribution in [-0.4, -0.2) is 48.9 Å². The molecule has 0 bridgehead atoms. The Morgan fingerprint density at radius 3 is 2.31 bits per heavy atom. The normalized spacial score (nSPS) is 14.9. The zero-order chi connectivity index (χ0) is 20.5. The second-order valence-electron chi connectivity index (χ2n) is 7.31. The van der Waals surface area contributed by atoms with Crippen molar-refractivity contribution in [2.75, 3.05) is 26.2 Å². The summed E-state index contributed by atoms with van der Waals surface area (Å²) in [6.45, 7) is 5.31. The summed E-state index contributed by atoms with van der Waals surface area (Å²) in [7, 11) is 0. The van der Waals surface area contributed by atoms with Crippen molar-refractivity contribution < 1.29 is 14.3 Å². The lowest BCUT2D eigenvalue weighted by Crippen LogP contribution is -2.47. The molecule has 0 unspecified atom stereocenters. The molecule has 0 aliphatic carbocycles. The van der Waals surface area contributed by atoms with Gasteiger partial charge in [-0.25, -0.2) is 0 Å². The number of nitrogens with one attached hydrogen (secondary N) is 2. The van der Waals surface area contributed by atoms with Crippen molar-refractivity contribution in [2.24, 2.45) is 0 Å². The predicted octanol–water partition coefficient (Wildman–Crippen LogP) is 3.20. The molecule has 29 heavy (non-hydrogen) atoms. The molecule has 6 nitrogen and oxygen atoms in total. The standard InChI is InChI=1S/C23H29N3O3/c1-2-14-26-15-12-19(13-16-26)25-22(27)17-24-23(28)18-8-10-21(11-9-18)29-20-6-4-3-5-7-20/h3-11,19H,2,12-17H2,1H3,(H,24,28)(H,25,27). The Balaban J connectivity index is 1.40. The van der Waals surface area contributed by atoms with Crippen LogP contribution in [0, 0.1) is 0 Å². The van der Waals surface area contributed by atoms with Gasteiger partial charge in [-0.2, -0.15) is 0 Å². The van der Waals surface area contributed by atoms with Gasteiger partial charge in [-0.05, 0) is 62.2 Å². The zero-order valence-electron chi connectivity index (χ0n) is 16.9.